The molecule has 2 atom stereocenters. The van der Waals surface area contributed by atoms with Gasteiger partial charge in [-0.15, -0.1) is 12.4 Å². The van der Waals surface area contributed by atoms with Gasteiger partial charge in [0.05, 0.1) is 18.6 Å². The number of nitrogens with one attached hydrogen (secondary N) is 1. The van der Waals surface area contributed by atoms with E-state index in [0.717, 1.165) is 25.0 Å². The maximum Gasteiger partial charge on any atom is 0.229 e. The molecule has 4 nitrogen and oxygen atoms in total. The van der Waals surface area contributed by atoms with Crippen molar-refractivity contribution in [3.63, 3.8) is 0 Å². The first-order valence-electron chi connectivity index (χ1n) is 6.44. The van der Waals surface area contributed by atoms with Gasteiger partial charge in [0.1, 0.15) is 0 Å². The number of carbonyl (C=O) groups excluding carboxylic acids is 1. The third-order valence-corrected chi connectivity index (χ3v) is 3.26. The first-order valence-corrected chi connectivity index (χ1v) is 6.44. The Bertz CT molecular complexity index is 380. The number of halogens is 1. The predicted molar refractivity (Wildman–Crippen MR) is 77.5 cm³/mol. The lowest BCUT2D eigenvalue weighted by Gasteiger charge is -2.25. The van der Waals surface area contributed by atoms with Crippen molar-refractivity contribution < 1.29 is 9.53 Å². The second-order valence-corrected chi connectivity index (χ2v) is 4.62. The summed E-state index contributed by atoms with van der Waals surface area (Å²) < 4.78 is 5.36. The van der Waals surface area contributed by atoms with Gasteiger partial charge in [0.15, 0.2) is 0 Å². The highest BCUT2D eigenvalue weighted by molar-refractivity contribution is 5.85. The molecule has 5 heteroatoms. The second-order valence-electron chi connectivity index (χ2n) is 4.62. The fourth-order valence-electron chi connectivity index (χ4n) is 2.24. The van der Waals surface area contributed by atoms with Gasteiger partial charge in [-0.1, -0.05) is 30.3 Å². The molecule has 3 N–H and O–H groups in total. The standard InChI is InChI=1S/C14H20N2O2.ClH/c15-9-13(11-5-2-1-3-6-11)14(17)16-12-7-4-8-18-10-12;/h1-3,5-6,12-13H,4,7-10,15H2,(H,16,17);1H. The molecule has 0 spiro atoms. The fraction of sp³-hybridized carbons (Fsp3) is 0.500. The van der Waals surface area contributed by atoms with Crippen molar-refractivity contribution in [3.8, 4) is 0 Å². The lowest BCUT2D eigenvalue weighted by molar-refractivity contribution is -0.124. The van der Waals surface area contributed by atoms with E-state index in [1.165, 1.54) is 0 Å². The second kappa shape index (κ2) is 8.15. The van der Waals surface area contributed by atoms with E-state index in [-0.39, 0.29) is 30.3 Å². The third kappa shape index (κ3) is 4.49. The largest absolute Gasteiger partial charge is 0.379 e. The molecule has 0 radical (unpaired) electrons. The molecule has 1 amide bonds. The van der Waals surface area contributed by atoms with Gasteiger partial charge < -0.3 is 15.8 Å². The molecule has 1 fully saturated rings. The summed E-state index contributed by atoms with van der Waals surface area (Å²) in [6.07, 6.45) is 1.99. The molecule has 1 aliphatic heterocycles. The molecular formula is C14H21ClN2O2. The summed E-state index contributed by atoms with van der Waals surface area (Å²) in [6, 6.07) is 9.79. The highest BCUT2D eigenvalue weighted by atomic mass is 35.5. The van der Waals surface area contributed by atoms with Crippen LogP contribution >= 0.6 is 12.4 Å². The first kappa shape index (κ1) is 16.0. The maximum atomic E-state index is 12.2. The van der Waals surface area contributed by atoms with Crippen LogP contribution in [0.5, 0.6) is 0 Å². The number of amides is 1. The molecule has 1 aromatic carbocycles. The Labute approximate surface area is 120 Å². The van der Waals surface area contributed by atoms with Crippen molar-refractivity contribution >= 4 is 18.3 Å². The van der Waals surface area contributed by atoms with Crippen molar-refractivity contribution in [1.82, 2.24) is 5.32 Å². The summed E-state index contributed by atoms with van der Waals surface area (Å²) in [5.74, 6) is -0.271. The van der Waals surface area contributed by atoms with Gasteiger partial charge in [0, 0.05) is 13.2 Å². The average Bonchev–Trinajstić information content (AvgIpc) is 2.42. The summed E-state index contributed by atoms with van der Waals surface area (Å²) >= 11 is 0. The number of ether oxygens (including phenoxy) is 1. The summed E-state index contributed by atoms with van der Waals surface area (Å²) in [6.45, 7) is 1.73. The Morgan fingerprint density at radius 3 is 2.74 bits per heavy atom. The van der Waals surface area contributed by atoms with E-state index in [1.807, 2.05) is 30.3 Å². The van der Waals surface area contributed by atoms with Crippen LogP contribution in [0.2, 0.25) is 0 Å². The van der Waals surface area contributed by atoms with Crippen LogP contribution in [0.15, 0.2) is 30.3 Å². The van der Waals surface area contributed by atoms with Gasteiger partial charge in [-0.25, -0.2) is 0 Å². The smallest absolute Gasteiger partial charge is 0.229 e. The van der Waals surface area contributed by atoms with E-state index >= 15 is 0 Å². The Kier molecular flexibility index (Phi) is 6.84. The number of hydrogen-bond acceptors (Lipinski definition) is 3. The van der Waals surface area contributed by atoms with Crippen molar-refractivity contribution in [3.05, 3.63) is 35.9 Å². The average molecular weight is 285 g/mol. The van der Waals surface area contributed by atoms with Crippen LogP contribution in [0.1, 0.15) is 24.3 Å². The van der Waals surface area contributed by atoms with Gasteiger partial charge in [0.2, 0.25) is 5.91 Å². The zero-order valence-corrected chi connectivity index (χ0v) is 11.7. The number of benzene rings is 1. The predicted octanol–water partition coefficient (Wildman–Crippen LogP) is 1.45. The molecule has 0 bridgehead atoms. The van der Waals surface area contributed by atoms with Crippen molar-refractivity contribution in [1.29, 1.82) is 0 Å². The molecule has 2 unspecified atom stereocenters. The van der Waals surface area contributed by atoms with Gasteiger partial charge in [-0.2, -0.15) is 0 Å². The first-order chi connectivity index (χ1) is 8.81. The topological polar surface area (TPSA) is 64.4 Å². The molecule has 2 rings (SSSR count). The molecule has 0 saturated carbocycles. The van der Waals surface area contributed by atoms with E-state index in [0.29, 0.717) is 13.2 Å². The molecule has 0 aromatic heterocycles. The monoisotopic (exact) mass is 284 g/mol. The van der Waals surface area contributed by atoms with Crippen LogP contribution in [0.25, 0.3) is 0 Å². The van der Waals surface area contributed by atoms with Crippen LogP contribution in [0.4, 0.5) is 0 Å². The Morgan fingerprint density at radius 1 is 1.42 bits per heavy atom. The molecule has 0 aliphatic carbocycles. The third-order valence-electron chi connectivity index (χ3n) is 3.26. The molecule has 1 heterocycles. The van der Waals surface area contributed by atoms with Crippen molar-refractivity contribution in [2.24, 2.45) is 5.73 Å². The minimum atomic E-state index is -0.270. The lowest BCUT2D eigenvalue weighted by atomic mass is 9.97. The minimum Gasteiger partial charge on any atom is -0.379 e. The summed E-state index contributed by atoms with van der Waals surface area (Å²) in [5.41, 5.74) is 6.69. The van der Waals surface area contributed by atoms with Crippen LogP contribution in [0, 0.1) is 0 Å². The highest BCUT2D eigenvalue weighted by Crippen LogP contribution is 2.15. The lowest BCUT2D eigenvalue weighted by Crippen LogP contribution is -2.44. The van der Waals surface area contributed by atoms with E-state index < -0.39 is 0 Å². The van der Waals surface area contributed by atoms with Gasteiger partial charge in [0.25, 0.3) is 0 Å². The van der Waals surface area contributed by atoms with Crippen molar-refractivity contribution in [2.75, 3.05) is 19.8 Å². The Hall–Kier alpha value is -1.10. The molecular weight excluding hydrogens is 264 g/mol. The van der Waals surface area contributed by atoms with E-state index in [1.54, 1.807) is 0 Å². The van der Waals surface area contributed by atoms with E-state index in [2.05, 4.69) is 5.32 Å². The Balaban J connectivity index is 0.00000180. The van der Waals surface area contributed by atoms with Gasteiger partial charge >= 0.3 is 0 Å². The molecule has 19 heavy (non-hydrogen) atoms. The van der Waals surface area contributed by atoms with Gasteiger partial charge in [-0.3, -0.25) is 4.79 Å². The van der Waals surface area contributed by atoms with Crippen LogP contribution in [0.3, 0.4) is 0 Å². The molecule has 1 saturated heterocycles. The quantitative estimate of drug-likeness (QED) is 0.879. The van der Waals surface area contributed by atoms with E-state index in [4.69, 9.17) is 10.5 Å². The molecule has 106 valence electrons. The molecule has 1 aliphatic rings. The normalized spacial score (nSPS) is 20.2. The number of hydrogen-bond donors (Lipinski definition) is 2. The zero-order chi connectivity index (χ0) is 12.8. The van der Waals surface area contributed by atoms with E-state index in [9.17, 15) is 4.79 Å². The summed E-state index contributed by atoms with van der Waals surface area (Å²) in [5, 5.41) is 3.02. The van der Waals surface area contributed by atoms with Crippen LogP contribution in [-0.4, -0.2) is 31.7 Å². The fourth-order valence-corrected chi connectivity index (χ4v) is 2.24. The maximum absolute atomic E-state index is 12.2. The van der Waals surface area contributed by atoms with Crippen LogP contribution in [-0.2, 0) is 9.53 Å². The Morgan fingerprint density at radius 2 is 2.16 bits per heavy atom. The van der Waals surface area contributed by atoms with Crippen molar-refractivity contribution in [2.45, 2.75) is 24.8 Å². The number of carbonyl (C=O) groups is 1. The highest BCUT2D eigenvalue weighted by Gasteiger charge is 2.23. The summed E-state index contributed by atoms with van der Waals surface area (Å²) in [7, 11) is 0. The van der Waals surface area contributed by atoms with Crippen LogP contribution < -0.4 is 11.1 Å². The minimum absolute atomic E-state index is 0. The molecule has 1 aromatic rings. The van der Waals surface area contributed by atoms with Gasteiger partial charge in [-0.05, 0) is 18.4 Å². The number of nitrogens with two attached hydrogens (primary N) is 1. The summed E-state index contributed by atoms with van der Waals surface area (Å²) in [4.78, 5) is 12.2. The SMILES string of the molecule is Cl.NCC(C(=O)NC1CCCOC1)c1ccccc1. The number of rotatable bonds is 4. The zero-order valence-electron chi connectivity index (χ0n) is 10.9.